The lowest BCUT2D eigenvalue weighted by Crippen LogP contribution is -2.19. The van der Waals surface area contributed by atoms with Crippen LogP contribution in [0.1, 0.15) is 22.7 Å². The molecule has 19 heavy (non-hydrogen) atoms. The molecule has 1 heterocycles. The van der Waals surface area contributed by atoms with Crippen LogP contribution in [0.25, 0.3) is 0 Å². The van der Waals surface area contributed by atoms with E-state index in [0.717, 1.165) is 22.8 Å². The lowest BCUT2D eigenvalue weighted by Gasteiger charge is -2.18. The van der Waals surface area contributed by atoms with E-state index in [2.05, 4.69) is 23.0 Å². The maximum absolute atomic E-state index is 6.08. The number of ether oxygens (including phenoxy) is 1. The minimum atomic E-state index is 0.276. The Labute approximate surface area is 123 Å². The summed E-state index contributed by atoms with van der Waals surface area (Å²) in [6.45, 7) is 2.14. The minimum Gasteiger partial charge on any atom is -0.496 e. The second-order valence-electron chi connectivity index (χ2n) is 4.51. The van der Waals surface area contributed by atoms with Gasteiger partial charge in [-0.15, -0.1) is 0 Å². The molecule has 1 aromatic carbocycles. The molecule has 0 saturated carbocycles. The van der Waals surface area contributed by atoms with Crippen molar-refractivity contribution < 1.29 is 4.74 Å². The van der Waals surface area contributed by atoms with Crippen molar-refractivity contribution in [2.75, 3.05) is 14.2 Å². The minimum absolute atomic E-state index is 0.276. The maximum Gasteiger partial charge on any atom is 0.122 e. The van der Waals surface area contributed by atoms with E-state index in [1.165, 1.54) is 11.1 Å². The van der Waals surface area contributed by atoms with Gasteiger partial charge in [-0.25, -0.2) is 0 Å². The molecule has 2 rings (SSSR count). The van der Waals surface area contributed by atoms with E-state index in [4.69, 9.17) is 16.3 Å². The van der Waals surface area contributed by atoms with Crippen molar-refractivity contribution in [3.63, 3.8) is 0 Å². The highest BCUT2D eigenvalue weighted by molar-refractivity contribution is 7.08. The van der Waals surface area contributed by atoms with Crippen LogP contribution in [0.2, 0.25) is 5.02 Å². The van der Waals surface area contributed by atoms with Crippen molar-refractivity contribution in [2.45, 2.75) is 19.4 Å². The number of benzene rings is 1. The summed E-state index contributed by atoms with van der Waals surface area (Å²) in [7, 11) is 3.68. The molecule has 4 heteroatoms. The molecule has 2 aromatic rings. The lowest BCUT2D eigenvalue weighted by atomic mass is 9.98. The summed E-state index contributed by atoms with van der Waals surface area (Å²) in [6, 6.07) is 6.03. The molecule has 102 valence electrons. The van der Waals surface area contributed by atoms with E-state index in [-0.39, 0.29) is 6.04 Å². The Balaban J connectivity index is 2.28. The Morgan fingerprint density at radius 3 is 2.74 bits per heavy atom. The first-order valence-electron chi connectivity index (χ1n) is 6.18. The highest BCUT2D eigenvalue weighted by Gasteiger charge is 2.16. The van der Waals surface area contributed by atoms with Gasteiger partial charge in [0.2, 0.25) is 0 Å². The van der Waals surface area contributed by atoms with Crippen LogP contribution in [-0.4, -0.2) is 14.2 Å². The number of thiophene rings is 1. The Morgan fingerprint density at radius 1 is 1.37 bits per heavy atom. The monoisotopic (exact) mass is 295 g/mol. The molecule has 0 aliphatic rings. The quantitative estimate of drug-likeness (QED) is 0.891. The second-order valence-corrected chi connectivity index (χ2v) is 5.69. The molecular formula is C15H18ClNOS. The second kappa shape index (κ2) is 6.42. The number of hydrogen-bond donors (Lipinski definition) is 1. The Hall–Kier alpha value is -1.03. The fraction of sp³-hybridized carbons (Fsp3) is 0.333. The molecule has 0 aliphatic carbocycles. The molecule has 1 atom stereocenters. The van der Waals surface area contributed by atoms with Gasteiger partial charge >= 0.3 is 0 Å². The number of hydrogen-bond acceptors (Lipinski definition) is 3. The first-order chi connectivity index (χ1) is 9.15. The summed E-state index contributed by atoms with van der Waals surface area (Å²) in [5.74, 6) is 0.887. The maximum atomic E-state index is 6.08. The van der Waals surface area contributed by atoms with Crippen molar-refractivity contribution in [3.8, 4) is 5.75 Å². The smallest absolute Gasteiger partial charge is 0.122 e. The van der Waals surface area contributed by atoms with E-state index in [1.807, 2.05) is 25.2 Å². The van der Waals surface area contributed by atoms with Crippen LogP contribution in [0.5, 0.6) is 5.75 Å². The summed E-state index contributed by atoms with van der Waals surface area (Å²) in [5, 5.41) is 8.49. The van der Waals surface area contributed by atoms with Crippen LogP contribution >= 0.6 is 22.9 Å². The zero-order valence-electron chi connectivity index (χ0n) is 11.4. The highest BCUT2D eigenvalue weighted by atomic mass is 35.5. The summed E-state index contributed by atoms with van der Waals surface area (Å²) in [4.78, 5) is 0. The van der Waals surface area contributed by atoms with Crippen LogP contribution in [-0.2, 0) is 6.42 Å². The first-order valence-corrected chi connectivity index (χ1v) is 7.50. The third kappa shape index (κ3) is 3.30. The van der Waals surface area contributed by atoms with Gasteiger partial charge in [0.25, 0.3) is 0 Å². The molecule has 1 N–H and O–H groups in total. The molecule has 0 saturated heterocycles. The third-order valence-corrected chi connectivity index (χ3v) is 4.40. The fourth-order valence-corrected chi connectivity index (χ4v) is 3.32. The van der Waals surface area contributed by atoms with Gasteiger partial charge in [0, 0.05) is 11.1 Å². The van der Waals surface area contributed by atoms with Gasteiger partial charge in [-0.1, -0.05) is 11.6 Å². The van der Waals surface area contributed by atoms with Gasteiger partial charge in [-0.2, -0.15) is 11.3 Å². The van der Waals surface area contributed by atoms with Crippen LogP contribution in [0.4, 0.5) is 0 Å². The molecule has 0 fully saturated rings. The van der Waals surface area contributed by atoms with Crippen LogP contribution < -0.4 is 10.1 Å². The van der Waals surface area contributed by atoms with Gasteiger partial charge in [-0.05, 0) is 66.0 Å². The number of methoxy groups -OCH3 is 1. The Kier molecular flexibility index (Phi) is 4.86. The van der Waals surface area contributed by atoms with Crippen molar-refractivity contribution in [2.24, 2.45) is 0 Å². The van der Waals surface area contributed by atoms with Crippen LogP contribution in [0.15, 0.2) is 29.0 Å². The number of likely N-dealkylation sites (N-methyl/N-ethyl adjacent to an activating group) is 1. The number of nitrogens with one attached hydrogen (secondary N) is 1. The van der Waals surface area contributed by atoms with E-state index in [1.54, 1.807) is 18.4 Å². The molecule has 0 bridgehead atoms. The zero-order chi connectivity index (χ0) is 13.8. The molecular weight excluding hydrogens is 278 g/mol. The molecule has 1 aromatic heterocycles. The van der Waals surface area contributed by atoms with Gasteiger partial charge in [0.15, 0.2) is 0 Å². The average Bonchev–Trinajstić information content (AvgIpc) is 2.82. The highest BCUT2D eigenvalue weighted by Crippen LogP contribution is 2.30. The predicted molar refractivity (Wildman–Crippen MR) is 82.6 cm³/mol. The van der Waals surface area contributed by atoms with Crippen molar-refractivity contribution >= 4 is 22.9 Å². The van der Waals surface area contributed by atoms with Gasteiger partial charge in [0.1, 0.15) is 5.75 Å². The molecule has 0 radical (unpaired) electrons. The topological polar surface area (TPSA) is 21.3 Å². The Morgan fingerprint density at radius 2 is 2.16 bits per heavy atom. The molecule has 1 unspecified atom stereocenters. The molecule has 2 nitrogen and oxygen atoms in total. The zero-order valence-corrected chi connectivity index (χ0v) is 12.9. The normalized spacial score (nSPS) is 12.4. The lowest BCUT2D eigenvalue weighted by molar-refractivity contribution is 0.406. The van der Waals surface area contributed by atoms with E-state index in [9.17, 15) is 0 Å². The summed E-state index contributed by atoms with van der Waals surface area (Å²) in [5.41, 5.74) is 3.79. The van der Waals surface area contributed by atoms with Crippen LogP contribution in [0.3, 0.4) is 0 Å². The van der Waals surface area contributed by atoms with E-state index in [0.29, 0.717) is 0 Å². The average molecular weight is 296 g/mol. The predicted octanol–water partition coefficient (Wildman–Crippen LogP) is 4.22. The van der Waals surface area contributed by atoms with E-state index < -0.39 is 0 Å². The summed E-state index contributed by atoms with van der Waals surface area (Å²) < 4.78 is 5.41. The number of aryl methyl sites for hydroxylation is 1. The van der Waals surface area contributed by atoms with Crippen molar-refractivity contribution in [3.05, 3.63) is 50.7 Å². The fourth-order valence-electron chi connectivity index (χ4n) is 2.22. The van der Waals surface area contributed by atoms with Crippen molar-refractivity contribution in [1.82, 2.24) is 5.32 Å². The van der Waals surface area contributed by atoms with Gasteiger partial charge in [-0.3, -0.25) is 0 Å². The summed E-state index contributed by atoms with van der Waals surface area (Å²) in [6.07, 6.45) is 0.859. The Bertz CT molecular complexity index is 553. The first kappa shape index (κ1) is 14.4. The third-order valence-electron chi connectivity index (χ3n) is 3.29. The number of rotatable bonds is 5. The van der Waals surface area contributed by atoms with Crippen LogP contribution in [0, 0.1) is 6.92 Å². The SMILES string of the molecule is CNC(Cc1cc(Cl)ccc1OC)c1cscc1C. The molecule has 0 spiro atoms. The van der Waals surface area contributed by atoms with E-state index >= 15 is 0 Å². The standard InChI is InChI=1S/C15H18ClNOS/c1-10-8-19-9-13(10)14(17-2)7-11-6-12(16)4-5-15(11)18-3/h4-6,8-9,14,17H,7H2,1-3H3. The molecule has 0 amide bonds. The van der Waals surface area contributed by atoms with Crippen molar-refractivity contribution in [1.29, 1.82) is 0 Å². The largest absolute Gasteiger partial charge is 0.496 e. The number of halogens is 1. The summed E-state index contributed by atoms with van der Waals surface area (Å²) >= 11 is 7.82. The van der Waals surface area contributed by atoms with Gasteiger partial charge < -0.3 is 10.1 Å². The molecule has 0 aliphatic heterocycles. The van der Waals surface area contributed by atoms with Gasteiger partial charge in [0.05, 0.1) is 7.11 Å².